The summed E-state index contributed by atoms with van der Waals surface area (Å²) in [5.74, 6) is 0. The lowest BCUT2D eigenvalue weighted by molar-refractivity contribution is 1.30. The molecule has 0 amide bonds. The number of aromatic nitrogens is 4. The molecule has 4 rings (SSSR count). The van der Waals surface area contributed by atoms with Crippen molar-refractivity contribution in [1.29, 1.82) is 0 Å². The average molecular weight is 234 g/mol. The third-order valence-electron chi connectivity index (χ3n) is 3.07. The van der Waals surface area contributed by atoms with E-state index < -0.39 is 0 Å². The van der Waals surface area contributed by atoms with Gasteiger partial charge in [0.25, 0.3) is 0 Å². The van der Waals surface area contributed by atoms with Crippen molar-refractivity contribution in [3.63, 3.8) is 0 Å². The first-order valence-corrected chi connectivity index (χ1v) is 5.78. The highest BCUT2D eigenvalue weighted by atomic mass is 14.9. The van der Waals surface area contributed by atoms with E-state index in [2.05, 4.69) is 26.0 Å². The van der Waals surface area contributed by atoms with Crippen LogP contribution in [0.4, 0.5) is 0 Å². The summed E-state index contributed by atoms with van der Waals surface area (Å²) in [6.07, 6.45) is 3.68. The first-order chi connectivity index (χ1) is 8.90. The van der Waals surface area contributed by atoms with Crippen molar-refractivity contribution < 1.29 is 0 Å². The first-order valence-electron chi connectivity index (χ1n) is 5.78. The van der Waals surface area contributed by atoms with Crippen molar-refractivity contribution in [2.45, 2.75) is 0 Å². The van der Waals surface area contributed by atoms with Crippen LogP contribution in [0.25, 0.3) is 33.5 Å². The van der Waals surface area contributed by atoms with Gasteiger partial charge in [0.1, 0.15) is 5.65 Å². The number of pyridine rings is 2. The van der Waals surface area contributed by atoms with Crippen LogP contribution in [0.1, 0.15) is 0 Å². The van der Waals surface area contributed by atoms with Gasteiger partial charge in [-0.1, -0.05) is 0 Å². The molecule has 0 fully saturated rings. The highest BCUT2D eigenvalue weighted by Gasteiger charge is 2.06. The van der Waals surface area contributed by atoms with Crippen LogP contribution in [-0.2, 0) is 0 Å². The highest BCUT2D eigenvalue weighted by Crippen LogP contribution is 2.23. The molecule has 4 aromatic heterocycles. The second kappa shape index (κ2) is 3.43. The normalized spacial score (nSPS) is 11.3. The van der Waals surface area contributed by atoms with E-state index in [0.29, 0.717) is 0 Å². The molecule has 4 heterocycles. The van der Waals surface area contributed by atoms with Gasteiger partial charge in [0.15, 0.2) is 0 Å². The van der Waals surface area contributed by atoms with Crippen LogP contribution in [0.5, 0.6) is 0 Å². The summed E-state index contributed by atoms with van der Waals surface area (Å²) in [6, 6.07) is 12.1. The maximum atomic E-state index is 4.61. The van der Waals surface area contributed by atoms with E-state index in [-0.39, 0.29) is 0 Å². The minimum atomic E-state index is 0.892. The molecule has 4 nitrogen and oxygen atoms in total. The molecule has 0 saturated heterocycles. The maximum absolute atomic E-state index is 4.61. The Morgan fingerprint density at radius 2 is 2.06 bits per heavy atom. The molecular formula is C14H10N4. The molecule has 0 aliphatic heterocycles. The number of hydrogen-bond donors (Lipinski definition) is 2. The van der Waals surface area contributed by atoms with Crippen molar-refractivity contribution in [1.82, 2.24) is 19.9 Å². The van der Waals surface area contributed by atoms with E-state index in [1.165, 1.54) is 0 Å². The molecule has 0 bridgehead atoms. The summed E-state index contributed by atoms with van der Waals surface area (Å²) in [5.41, 5.74) is 4.84. The minimum Gasteiger partial charge on any atom is -0.360 e. The molecule has 4 heteroatoms. The number of nitrogens with one attached hydrogen (secondary N) is 2. The molecule has 18 heavy (non-hydrogen) atoms. The SMILES string of the molecule is c1cnc2[nH]c(-c3ccc4[nH]ccc4n3)cc2c1. The lowest BCUT2D eigenvalue weighted by atomic mass is 10.2. The molecule has 0 atom stereocenters. The van der Waals surface area contributed by atoms with Gasteiger partial charge in [-0.15, -0.1) is 0 Å². The van der Waals surface area contributed by atoms with Gasteiger partial charge >= 0.3 is 0 Å². The topological polar surface area (TPSA) is 57.4 Å². The van der Waals surface area contributed by atoms with Gasteiger partial charge < -0.3 is 9.97 Å². The number of hydrogen-bond acceptors (Lipinski definition) is 2. The quantitative estimate of drug-likeness (QED) is 0.531. The number of H-pyrrole nitrogens is 2. The zero-order valence-corrected chi connectivity index (χ0v) is 9.51. The predicted molar refractivity (Wildman–Crippen MR) is 71.2 cm³/mol. The zero-order valence-electron chi connectivity index (χ0n) is 9.51. The van der Waals surface area contributed by atoms with Crippen LogP contribution in [0, 0.1) is 0 Å². The number of rotatable bonds is 1. The van der Waals surface area contributed by atoms with Gasteiger partial charge in [-0.25, -0.2) is 9.97 Å². The summed E-state index contributed by atoms with van der Waals surface area (Å²) >= 11 is 0. The third kappa shape index (κ3) is 1.32. The zero-order chi connectivity index (χ0) is 11.9. The molecular weight excluding hydrogens is 224 g/mol. The molecule has 4 aromatic rings. The van der Waals surface area contributed by atoms with Gasteiger partial charge in [-0.3, -0.25) is 0 Å². The average Bonchev–Trinajstić information content (AvgIpc) is 3.04. The van der Waals surface area contributed by atoms with Crippen LogP contribution in [0.2, 0.25) is 0 Å². The molecule has 0 radical (unpaired) electrons. The van der Waals surface area contributed by atoms with Gasteiger partial charge in [-0.2, -0.15) is 0 Å². The summed E-state index contributed by atoms with van der Waals surface area (Å²) in [4.78, 5) is 15.3. The van der Waals surface area contributed by atoms with Crippen LogP contribution in [0.15, 0.2) is 48.8 Å². The number of nitrogens with zero attached hydrogens (tertiary/aromatic N) is 2. The second-order valence-corrected chi connectivity index (χ2v) is 4.23. The Balaban J connectivity index is 1.94. The number of fused-ring (bicyclic) bond motifs is 2. The van der Waals surface area contributed by atoms with Crippen molar-refractivity contribution in [3.05, 3.63) is 48.8 Å². The smallest absolute Gasteiger partial charge is 0.137 e. The Kier molecular flexibility index (Phi) is 1.80. The molecule has 2 N–H and O–H groups in total. The number of aromatic amines is 2. The fourth-order valence-electron chi connectivity index (χ4n) is 2.18. The molecule has 0 unspecified atom stereocenters. The van der Waals surface area contributed by atoms with E-state index >= 15 is 0 Å². The largest absolute Gasteiger partial charge is 0.360 e. The fourth-order valence-corrected chi connectivity index (χ4v) is 2.18. The standard InChI is InChI=1S/C14H10N4/c1-2-9-8-13(18-14(9)16-6-1)11-4-3-10-12(17-11)5-7-15-10/h1-8,15H,(H,16,18). The van der Waals surface area contributed by atoms with Crippen molar-refractivity contribution >= 4 is 22.1 Å². The van der Waals surface area contributed by atoms with Crippen LogP contribution < -0.4 is 0 Å². The highest BCUT2D eigenvalue weighted by molar-refractivity contribution is 5.84. The Bertz CT molecular complexity index is 808. The van der Waals surface area contributed by atoms with E-state index in [1.54, 1.807) is 6.20 Å². The van der Waals surface area contributed by atoms with Gasteiger partial charge in [0.05, 0.1) is 22.4 Å². The molecule has 86 valence electrons. The van der Waals surface area contributed by atoms with E-state index in [9.17, 15) is 0 Å². The Morgan fingerprint density at radius 3 is 3.00 bits per heavy atom. The summed E-state index contributed by atoms with van der Waals surface area (Å²) in [6.45, 7) is 0. The van der Waals surface area contributed by atoms with Gasteiger partial charge in [0.2, 0.25) is 0 Å². The summed E-state index contributed by atoms with van der Waals surface area (Å²) in [7, 11) is 0. The summed E-state index contributed by atoms with van der Waals surface area (Å²) < 4.78 is 0. The molecule has 0 saturated carbocycles. The molecule has 0 aliphatic carbocycles. The second-order valence-electron chi connectivity index (χ2n) is 4.23. The van der Waals surface area contributed by atoms with Gasteiger partial charge in [-0.05, 0) is 36.4 Å². The van der Waals surface area contributed by atoms with E-state index in [0.717, 1.165) is 33.5 Å². The predicted octanol–water partition coefficient (Wildman–Crippen LogP) is 3.11. The van der Waals surface area contributed by atoms with Crippen molar-refractivity contribution in [2.24, 2.45) is 0 Å². The maximum Gasteiger partial charge on any atom is 0.137 e. The van der Waals surface area contributed by atoms with Crippen molar-refractivity contribution in [2.75, 3.05) is 0 Å². The molecule has 0 aromatic carbocycles. The minimum absolute atomic E-state index is 0.892. The molecule has 0 spiro atoms. The van der Waals surface area contributed by atoms with Gasteiger partial charge in [0, 0.05) is 17.8 Å². The monoisotopic (exact) mass is 234 g/mol. The Hall–Kier alpha value is -2.62. The van der Waals surface area contributed by atoms with Crippen LogP contribution in [-0.4, -0.2) is 19.9 Å². The lowest BCUT2D eigenvalue weighted by Crippen LogP contribution is -1.83. The third-order valence-corrected chi connectivity index (χ3v) is 3.07. The van der Waals surface area contributed by atoms with Crippen LogP contribution >= 0.6 is 0 Å². The Morgan fingerprint density at radius 1 is 1.06 bits per heavy atom. The fraction of sp³-hybridized carbons (Fsp3) is 0. The van der Waals surface area contributed by atoms with E-state index in [1.807, 2.05) is 36.5 Å². The Labute approximate surface area is 103 Å². The van der Waals surface area contributed by atoms with Crippen LogP contribution in [0.3, 0.4) is 0 Å². The first kappa shape index (κ1) is 9.41. The molecule has 0 aliphatic rings. The summed E-state index contributed by atoms with van der Waals surface area (Å²) in [5, 5.41) is 1.10. The lowest BCUT2D eigenvalue weighted by Gasteiger charge is -1.96. The van der Waals surface area contributed by atoms with E-state index in [4.69, 9.17) is 0 Å². The van der Waals surface area contributed by atoms with Crippen molar-refractivity contribution in [3.8, 4) is 11.4 Å².